The maximum atomic E-state index is 15.2. The van der Waals surface area contributed by atoms with Gasteiger partial charge >= 0.3 is 5.97 Å². The molecule has 2 saturated heterocycles. The first-order valence-corrected chi connectivity index (χ1v) is 30.0. The third-order valence-electron chi connectivity index (χ3n) is 14.9. The van der Waals surface area contributed by atoms with E-state index in [0.717, 1.165) is 26.2 Å². The fourth-order valence-electron chi connectivity index (χ4n) is 10.5. The molecule has 0 aliphatic carbocycles. The largest absolute Gasteiger partial charge is 0.491 e. The smallest absolute Gasteiger partial charge is 0.355 e. The summed E-state index contributed by atoms with van der Waals surface area (Å²) in [6.07, 6.45) is 4.20. The molecule has 2 fully saturated rings. The van der Waals surface area contributed by atoms with Gasteiger partial charge in [0.1, 0.15) is 6.04 Å². The molecule has 4 aliphatic rings. The first-order valence-electron chi connectivity index (χ1n) is 28.4. The zero-order valence-corrected chi connectivity index (χ0v) is 48.6. The zero-order chi connectivity index (χ0) is 60.1. The molecule has 0 bridgehead atoms. The number of imide groups is 2. The van der Waals surface area contributed by atoms with Gasteiger partial charge in [-0.05, 0) is 91.8 Å². The Bertz CT molecular complexity index is 3610. The number of nitrogens with zero attached hydrogens (tertiary/aromatic N) is 6. The number of amides is 6. The van der Waals surface area contributed by atoms with Crippen LogP contribution in [0.3, 0.4) is 0 Å². The van der Waals surface area contributed by atoms with Crippen molar-refractivity contribution in [1.82, 2.24) is 35.3 Å². The van der Waals surface area contributed by atoms with E-state index in [-0.39, 0.29) is 80.3 Å². The van der Waals surface area contributed by atoms with Crippen molar-refractivity contribution in [2.45, 2.75) is 57.5 Å². The molecule has 1 unspecified atom stereocenters. The minimum Gasteiger partial charge on any atom is -0.491 e. The van der Waals surface area contributed by atoms with Crippen LogP contribution in [-0.4, -0.2) is 163 Å². The number of halogens is 1. The molecule has 6 amide bonds. The van der Waals surface area contributed by atoms with Gasteiger partial charge in [-0.1, -0.05) is 53.5 Å². The third-order valence-corrected chi connectivity index (χ3v) is 17.0. The van der Waals surface area contributed by atoms with Crippen molar-refractivity contribution >= 4 is 90.3 Å². The van der Waals surface area contributed by atoms with Crippen molar-refractivity contribution < 1.29 is 57.3 Å². The molecule has 4 aliphatic heterocycles. The SMILES string of the molecule is N/C(=C\NCCCC(=O)N1CCN(CC#Cc2ccc(OCCCc3sc(N4CCc5cccc(C(=O)Nc6nc7ccccc7s6)c5C4)nc3C(=O)O)c(F)c2)CC1)COCCOCCNc1cccc2c1C(=O)N(C1CCC(=O)NC1=O)C2=O. The number of piperazine rings is 1. The van der Waals surface area contributed by atoms with Gasteiger partial charge in [-0.3, -0.25) is 49.2 Å². The molecule has 7 N–H and O–H groups in total. The van der Waals surface area contributed by atoms with E-state index in [9.17, 15) is 38.7 Å². The molecular formula is C61H64FN11O11S2. The highest BCUT2D eigenvalue weighted by molar-refractivity contribution is 7.22. The highest BCUT2D eigenvalue weighted by Crippen LogP contribution is 2.35. The van der Waals surface area contributed by atoms with Crippen LogP contribution in [0.15, 0.2) is 90.8 Å². The van der Waals surface area contributed by atoms with Crippen LogP contribution in [-0.2, 0) is 43.2 Å². The van der Waals surface area contributed by atoms with Crippen molar-refractivity contribution in [2.75, 3.05) is 101 Å². The molecule has 448 valence electrons. The molecule has 10 rings (SSSR count). The Kier molecular flexibility index (Phi) is 19.9. The van der Waals surface area contributed by atoms with Gasteiger partial charge in [0, 0.05) is 93.1 Å². The van der Waals surface area contributed by atoms with E-state index >= 15 is 4.39 Å². The first-order chi connectivity index (χ1) is 41.8. The molecule has 86 heavy (non-hydrogen) atoms. The number of fused-ring (bicyclic) bond motifs is 3. The number of carboxylic acid groups (broad SMARTS) is 1. The summed E-state index contributed by atoms with van der Waals surface area (Å²) in [4.78, 5) is 106. The number of anilines is 3. The number of nitrogens with two attached hydrogens (primary N) is 1. The minimum absolute atomic E-state index is 0.0313. The number of piperidine rings is 1. The number of carboxylic acids is 1. The van der Waals surface area contributed by atoms with Crippen LogP contribution in [0, 0.1) is 17.7 Å². The van der Waals surface area contributed by atoms with E-state index in [1.807, 2.05) is 46.2 Å². The van der Waals surface area contributed by atoms with Gasteiger partial charge in [-0.25, -0.2) is 19.2 Å². The summed E-state index contributed by atoms with van der Waals surface area (Å²) in [5.74, 6) is 2.07. The van der Waals surface area contributed by atoms with Crippen molar-refractivity contribution in [3.05, 3.63) is 141 Å². The van der Waals surface area contributed by atoms with Gasteiger partial charge in [0.15, 0.2) is 27.5 Å². The summed E-state index contributed by atoms with van der Waals surface area (Å²) in [5, 5.41) is 22.6. The third kappa shape index (κ3) is 14.8. The summed E-state index contributed by atoms with van der Waals surface area (Å²) in [7, 11) is 0. The van der Waals surface area contributed by atoms with Crippen LogP contribution in [0.4, 0.5) is 20.3 Å². The number of aromatic nitrogens is 2. The molecule has 22 nitrogen and oxygen atoms in total. The van der Waals surface area contributed by atoms with Crippen LogP contribution in [0.1, 0.15) is 95.2 Å². The van der Waals surface area contributed by atoms with Crippen molar-refractivity contribution in [3.8, 4) is 17.6 Å². The molecule has 0 radical (unpaired) electrons. The summed E-state index contributed by atoms with van der Waals surface area (Å²) >= 11 is 2.71. The summed E-state index contributed by atoms with van der Waals surface area (Å²) in [6, 6.07) is 21.7. The normalized spacial score (nSPS) is 16.1. The van der Waals surface area contributed by atoms with Crippen LogP contribution in [0.2, 0.25) is 0 Å². The van der Waals surface area contributed by atoms with Crippen LogP contribution >= 0.6 is 22.7 Å². The number of carbonyl (C=O) groups is 7. The molecular weight excluding hydrogens is 1150 g/mol. The van der Waals surface area contributed by atoms with Gasteiger partial charge in [-0.15, -0.1) is 11.3 Å². The van der Waals surface area contributed by atoms with Crippen LogP contribution < -0.4 is 36.6 Å². The Morgan fingerprint density at radius 3 is 2.51 bits per heavy atom. The number of hydrogen-bond acceptors (Lipinski definition) is 19. The van der Waals surface area contributed by atoms with E-state index in [0.29, 0.717) is 129 Å². The molecule has 4 aromatic carbocycles. The van der Waals surface area contributed by atoms with E-state index in [2.05, 4.69) is 48.0 Å². The molecule has 1 atom stereocenters. The van der Waals surface area contributed by atoms with E-state index in [4.69, 9.17) is 19.9 Å². The number of carbonyl (C=O) groups excluding carboxylic acids is 6. The standard InChI is InChI=1S/C61H64FN11O11S2/c62-44-34-38(17-19-48(44)84-30-7-15-50-54(59(80)81)68-61(86-50)72-25-21-39-9-3-10-41(43(39)36-72)55(76)69-60-66-45-12-1-2-14-49(45)85-60)8-6-24-70-26-28-71(29-27-70)52(75)16-5-22-64-35-40(63)37-83-33-32-82-31-23-65-46-13-4-11-42-53(46)58(79)73(57(42)78)47-18-20-51(74)67-56(47)77/h1-4,9-14,17,19,34-35,47,64-65H,5,7,15-16,18,20-33,36-37,63H2,(H,80,81)(H,66,69,76)(H,67,74,77)/b40-35-. The highest BCUT2D eigenvalue weighted by atomic mass is 32.1. The zero-order valence-electron chi connectivity index (χ0n) is 47.0. The maximum Gasteiger partial charge on any atom is 0.355 e. The second-order valence-corrected chi connectivity index (χ2v) is 22.8. The highest BCUT2D eigenvalue weighted by Gasteiger charge is 2.45. The number of aromatic carboxylic acids is 1. The number of hydrogen-bond donors (Lipinski definition) is 6. The Hall–Kier alpha value is -8.80. The van der Waals surface area contributed by atoms with Crippen LogP contribution in [0.5, 0.6) is 5.75 Å². The first kappa shape index (κ1) is 60.3. The Balaban J connectivity index is 0.570. The Morgan fingerprint density at radius 1 is 0.872 bits per heavy atom. The van der Waals surface area contributed by atoms with E-state index in [1.165, 1.54) is 40.9 Å². The fourth-order valence-corrected chi connectivity index (χ4v) is 12.4. The number of thiazole rings is 2. The number of para-hydroxylation sites is 1. The number of ether oxygens (including phenoxy) is 3. The molecule has 6 aromatic rings. The lowest BCUT2D eigenvalue weighted by Gasteiger charge is -2.33. The predicted octanol–water partition coefficient (Wildman–Crippen LogP) is 5.63. The number of aryl methyl sites for hydroxylation is 1. The number of nitrogens with one attached hydrogen (secondary N) is 4. The van der Waals surface area contributed by atoms with Crippen molar-refractivity contribution in [1.29, 1.82) is 0 Å². The lowest BCUT2D eigenvalue weighted by Crippen LogP contribution is -2.54. The van der Waals surface area contributed by atoms with Gasteiger partial charge in [0.2, 0.25) is 17.7 Å². The molecule has 2 aromatic heterocycles. The quantitative estimate of drug-likeness (QED) is 0.0230. The van der Waals surface area contributed by atoms with Gasteiger partial charge in [-0.2, -0.15) is 0 Å². The lowest BCUT2D eigenvalue weighted by atomic mass is 9.94. The van der Waals surface area contributed by atoms with Gasteiger partial charge < -0.3 is 45.5 Å². The topological polar surface area (TPSA) is 280 Å². The van der Waals surface area contributed by atoms with E-state index in [1.54, 1.807) is 30.5 Å². The number of rotatable bonds is 25. The average molecular weight is 1210 g/mol. The fraction of sp³-hybridized carbons (Fsp3) is 0.361. The monoisotopic (exact) mass is 1210 g/mol. The number of benzene rings is 4. The minimum atomic E-state index is -1.14. The predicted molar refractivity (Wildman–Crippen MR) is 321 cm³/mol. The summed E-state index contributed by atoms with van der Waals surface area (Å²) in [5.41, 5.74) is 11.1. The second-order valence-electron chi connectivity index (χ2n) is 20.7. The molecule has 0 saturated carbocycles. The van der Waals surface area contributed by atoms with Crippen molar-refractivity contribution in [2.24, 2.45) is 5.73 Å². The Labute approximate surface area is 502 Å². The Morgan fingerprint density at radius 2 is 1.70 bits per heavy atom. The van der Waals surface area contributed by atoms with Gasteiger partial charge in [0.25, 0.3) is 17.7 Å². The second kappa shape index (κ2) is 28.4. The van der Waals surface area contributed by atoms with Crippen LogP contribution in [0.25, 0.3) is 10.2 Å². The average Bonchev–Trinajstić information content (AvgIpc) is 1.95. The molecule has 25 heteroatoms. The van der Waals surface area contributed by atoms with Crippen molar-refractivity contribution in [3.63, 3.8) is 0 Å². The maximum absolute atomic E-state index is 15.2. The van der Waals surface area contributed by atoms with E-state index < -0.39 is 41.5 Å². The lowest BCUT2D eigenvalue weighted by molar-refractivity contribution is -0.136. The molecule has 0 spiro atoms. The van der Waals surface area contributed by atoms with Gasteiger partial charge in [0.05, 0.1) is 66.6 Å². The molecule has 6 heterocycles. The summed E-state index contributed by atoms with van der Waals surface area (Å²) < 4.78 is 33.2. The summed E-state index contributed by atoms with van der Waals surface area (Å²) in [6.45, 7) is 5.97.